The Bertz CT molecular complexity index is 346. The van der Waals surface area contributed by atoms with E-state index in [-0.39, 0.29) is 5.91 Å². The highest BCUT2D eigenvalue weighted by Gasteiger charge is 2.27. The summed E-state index contributed by atoms with van der Waals surface area (Å²) in [7, 11) is 0. The summed E-state index contributed by atoms with van der Waals surface area (Å²) in [5.41, 5.74) is 8.50. The van der Waals surface area contributed by atoms with Gasteiger partial charge in [0, 0.05) is 11.3 Å². The number of rotatable bonds is 0. The van der Waals surface area contributed by atoms with Crippen molar-refractivity contribution in [3.05, 3.63) is 29.3 Å². The fourth-order valence-corrected chi connectivity index (χ4v) is 1.46. The lowest BCUT2D eigenvalue weighted by Gasteiger charge is -2.02. The molecule has 1 heterocycles. The molecule has 1 unspecified atom stereocenters. The summed E-state index contributed by atoms with van der Waals surface area (Å²) in [6, 6.07) is 5.26. The molecule has 1 amide bonds. The Balaban J connectivity index is 2.60. The quantitative estimate of drug-likeness (QED) is 0.596. The van der Waals surface area contributed by atoms with Crippen LogP contribution in [0.3, 0.4) is 0 Å². The second-order valence-electron chi connectivity index (χ2n) is 3.01. The van der Waals surface area contributed by atoms with Gasteiger partial charge in [-0.25, -0.2) is 0 Å². The van der Waals surface area contributed by atoms with Crippen LogP contribution >= 0.6 is 0 Å². The molecule has 3 nitrogen and oxygen atoms in total. The van der Waals surface area contributed by atoms with Crippen LogP contribution in [0.1, 0.15) is 17.2 Å². The third-order valence-electron chi connectivity index (χ3n) is 2.17. The van der Waals surface area contributed by atoms with Gasteiger partial charge in [-0.1, -0.05) is 18.2 Å². The normalized spacial score (nSPS) is 20.5. The Labute approximate surface area is 70.6 Å². The number of hydrogen-bond acceptors (Lipinski definition) is 2. The van der Waals surface area contributed by atoms with Gasteiger partial charge in [-0.05, 0) is 12.5 Å². The molecule has 3 heteroatoms. The van der Waals surface area contributed by atoms with Crippen LogP contribution < -0.4 is 11.1 Å². The maximum atomic E-state index is 11.1. The fourth-order valence-electron chi connectivity index (χ4n) is 1.46. The van der Waals surface area contributed by atoms with E-state index >= 15 is 0 Å². The number of nitrogens with two attached hydrogens (primary N) is 1. The van der Waals surface area contributed by atoms with Crippen LogP contribution in [0.2, 0.25) is 0 Å². The molecule has 0 radical (unpaired) electrons. The predicted octanol–water partition coefficient (Wildman–Crippen LogP) is 0.947. The summed E-state index contributed by atoms with van der Waals surface area (Å²) in [5.74, 6) is -0.112. The van der Waals surface area contributed by atoms with Crippen LogP contribution in [0.4, 0.5) is 5.69 Å². The largest absolute Gasteiger partial charge is 0.324 e. The van der Waals surface area contributed by atoms with E-state index in [1.165, 1.54) is 0 Å². The Morgan fingerprint density at radius 1 is 1.50 bits per heavy atom. The van der Waals surface area contributed by atoms with Gasteiger partial charge in [-0.2, -0.15) is 0 Å². The van der Waals surface area contributed by atoms with Gasteiger partial charge >= 0.3 is 0 Å². The lowest BCUT2D eigenvalue weighted by atomic mass is 10.1. The summed E-state index contributed by atoms with van der Waals surface area (Å²) >= 11 is 0. The maximum absolute atomic E-state index is 11.1. The number of carbonyl (C=O) groups excluding carboxylic acids is 1. The first-order valence-electron chi connectivity index (χ1n) is 3.86. The smallest absolute Gasteiger partial charge is 0.245 e. The van der Waals surface area contributed by atoms with E-state index in [0.717, 1.165) is 16.8 Å². The van der Waals surface area contributed by atoms with Crippen LogP contribution in [-0.2, 0) is 4.79 Å². The van der Waals surface area contributed by atoms with Gasteiger partial charge in [0.2, 0.25) is 5.91 Å². The number of benzene rings is 1. The number of fused-ring (bicyclic) bond motifs is 1. The minimum Gasteiger partial charge on any atom is -0.324 e. The number of amides is 1. The van der Waals surface area contributed by atoms with E-state index < -0.39 is 6.04 Å². The summed E-state index contributed by atoms with van der Waals surface area (Å²) < 4.78 is 0. The average Bonchev–Trinajstić information content (AvgIpc) is 2.32. The number of para-hydroxylation sites is 1. The summed E-state index contributed by atoms with van der Waals surface area (Å²) in [5, 5.41) is 2.75. The van der Waals surface area contributed by atoms with Gasteiger partial charge in [0.15, 0.2) is 0 Å². The number of anilines is 1. The van der Waals surface area contributed by atoms with Gasteiger partial charge in [-0.3, -0.25) is 4.79 Å². The van der Waals surface area contributed by atoms with Crippen molar-refractivity contribution in [2.45, 2.75) is 13.0 Å². The molecule has 1 aliphatic rings. The molecule has 0 spiro atoms. The van der Waals surface area contributed by atoms with E-state index in [4.69, 9.17) is 5.73 Å². The van der Waals surface area contributed by atoms with Crippen molar-refractivity contribution in [2.75, 3.05) is 5.32 Å². The zero-order valence-corrected chi connectivity index (χ0v) is 6.79. The molecule has 0 aromatic heterocycles. The summed E-state index contributed by atoms with van der Waals surface area (Å²) in [6.07, 6.45) is 0. The first-order valence-corrected chi connectivity index (χ1v) is 3.86. The van der Waals surface area contributed by atoms with Crippen LogP contribution in [0.15, 0.2) is 18.2 Å². The van der Waals surface area contributed by atoms with E-state index in [0.29, 0.717) is 0 Å². The molecule has 0 saturated heterocycles. The van der Waals surface area contributed by atoms with Crippen molar-refractivity contribution in [3.8, 4) is 0 Å². The topological polar surface area (TPSA) is 55.1 Å². The highest BCUT2D eigenvalue weighted by molar-refractivity contribution is 6.03. The van der Waals surface area contributed by atoms with Crippen molar-refractivity contribution in [1.29, 1.82) is 0 Å². The van der Waals surface area contributed by atoms with E-state index in [9.17, 15) is 4.79 Å². The highest BCUT2D eigenvalue weighted by atomic mass is 16.2. The van der Waals surface area contributed by atoms with Crippen LogP contribution in [-0.4, -0.2) is 5.91 Å². The lowest BCUT2D eigenvalue weighted by molar-refractivity contribution is -0.116. The van der Waals surface area contributed by atoms with Crippen molar-refractivity contribution in [3.63, 3.8) is 0 Å². The Hall–Kier alpha value is -1.35. The van der Waals surface area contributed by atoms with E-state index in [2.05, 4.69) is 5.32 Å². The molecule has 3 N–H and O–H groups in total. The number of aryl methyl sites for hydroxylation is 1. The second kappa shape index (κ2) is 2.32. The second-order valence-corrected chi connectivity index (χ2v) is 3.01. The van der Waals surface area contributed by atoms with Crippen LogP contribution in [0, 0.1) is 6.92 Å². The Morgan fingerprint density at radius 2 is 2.25 bits per heavy atom. The molecule has 2 rings (SSSR count). The average molecular weight is 162 g/mol. The van der Waals surface area contributed by atoms with E-state index in [1.54, 1.807) is 0 Å². The molecule has 0 aliphatic carbocycles. The fraction of sp³-hybridized carbons (Fsp3) is 0.222. The van der Waals surface area contributed by atoms with Gasteiger partial charge in [0.05, 0.1) is 0 Å². The molecule has 1 aliphatic heterocycles. The van der Waals surface area contributed by atoms with Gasteiger partial charge in [0.1, 0.15) is 6.04 Å². The minimum atomic E-state index is -0.486. The van der Waals surface area contributed by atoms with Crippen LogP contribution in [0.5, 0.6) is 0 Å². The standard InChI is InChI=1S/C9H10N2O/c1-5-3-2-4-6-7(10)9(12)11-8(5)6/h2-4,7H,10H2,1H3,(H,11,12). The van der Waals surface area contributed by atoms with Gasteiger partial charge in [0.25, 0.3) is 0 Å². The molecule has 12 heavy (non-hydrogen) atoms. The first kappa shape index (κ1) is 7.31. The monoisotopic (exact) mass is 162 g/mol. The Morgan fingerprint density at radius 3 is 2.92 bits per heavy atom. The van der Waals surface area contributed by atoms with E-state index in [1.807, 2.05) is 25.1 Å². The van der Waals surface area contributed by atoms with Crippen molar-refractivity contribution >= 4 is 11.6 Å². The molecule has 0 saturated carbocycles. The van der Waals surface area contributed by atoms with Crippen LogP contribution in [0.25, 0.3) is 0 Å². The molecule has 62 valence electrons. The number of nitrogens with one attached hydrogen (secondary N) is 1. The molecular weight excluding hydrogens is 152 g/mol. The highest BCUT2D eigenvalue weighted by Crippen LogP contribution is 2.31. The zero-order valence-electron chi connectivity index (χ0n) is 6.79. The lowest BCUT2D eigenvalue weighted by Crippen LogP contribution is -2.19. The molecule has 0 fully saturated rings. The molecule has 0 bridgehead atoms. The summed E-state index contributed by atoms with van der Waals surface area (Å²) in [4.78, 5) is 11.1. The number of hydrogen-bond donors (Lipinski definition) is 2. The molecule has 1 aromatic rings. The third-order valence-corrected chi connectivity index (χ3v) is 2.17. The minimum absolute atomic E-state index is 0.112. The Kier molecular flexibility index (Phi) is 1.41. The SMILES string of the molecule is Cc1cccc2c1NC(=O)C2N. The first-order chi connectivity index (χ1) is 5.70. The third kappa shape index (κ3) is 0.833. The molecular formula is C9H10N2O. The van der Waals surface area contributed by atoms with Crippen molar-refractivity contribution < 1.29 is 4.79 Å². The van der Waals surface area contributed by atoms with Gasteiger partial charge in [-0.15, -0.1) is 0 Å². The predicted molar refractivity (Wildman–Crippen MR) is 46.7 cm³/mol. The van der Waals surface area contributed by atoms with Crippen molar-refractivity contribution in [1.82, 2.24) is 0 Å². The zero-order chi connectivity index (χ0) is 8.72. The maximum Gasteiger partial charge on any atom is 0.245 e. The van der Waals surface area contributed by atoms with Gasteiger partial charge < -0.3 is 11.1 Å². The number of carbonyl (C=O) groups is 1. The molecule has 1 atom stereocenters. The summed E-state index contributed by atoms with van der Waals surface area (Å²) in [6.45, 7) is 1.96. The van der Waals surface area contributed by atoms with Crippen molar-refractivity contribution in [2.24, 2.45) is 5.73 Å². The molecule has 1 aromatic carbocycles.